The number of hydrogen-bond donors (Lipinski definition) is 2. The Morgan fingerprint density at radius 3 is 2.50 bits per heavy atom. The van der Waals surface area contributed by atoms with Gasteiger partial charge in [-0.3, -0.25) is 14.9 Å². The second kappa shape index (κ2) is 6.73. The molecule has 0 bridgehead atoms. The summed E-state index contributed by atoms with van der Waals surface area (Å²) in [7, 11) is 0. The molecule has 1 aliphatic heterocycles. The summed E-state index contributed by atoms with van der Waals surface area (Å²) >= 11 is 3.16. The SMILES string of the molecule is O=C(O)C1CCN(C(=O)Nc2cc(Br)cc([N+](=O)[O-])c2)CC1. The topological polar surface area (TPSA) is 113 Å². The molecule has 1 aliphatic rings. The highest BCUT2D eigenvalue weighted by Crippen LogP contribution is 2.25. The lowest BCUT2D eigenvalue weighted by Gasteiger charge is -2.30. The molecule has 118 valence electrons. The van der Waals surface area contributed by atoms with Gasteiger partial charge in [-0.2, -0.15) is 0 Å². The van der Waals surface area contributed by atoms with Gasteiger partial charge in [-0.15, -0.1) is 0 Å². The summed E-state index contributed by atoms with van der Waals surface area (Å²) in [5.41, 5.74) is 0.181. The van der Waals surface area contributed by atoms with E-state index in [0.717, 1.165) is 0 Å². The molecule has 22 heavy (non-hydrogen) atoms. The molecule has 1 aromatic rings. The maximum absolute atomic E-state index is 12.1. The van der Waals surface area contributed by atoms with E-state index in [-0.39, 0.29) is 5.69 Å². The summed E-state index contributed by atoms with van der Waals surface area (Å²) < 4.78 is 0.488. The largest absolute Gasteiger partial charge is 0.481 e. The van der Waals surface area contributed by atoms with Gasteiger partial charge < -0.3 is 15.3 Å². The molecule has 1 fully saturated rings. The number of carboxylic acids is 1. The van der Waals surface area contributed by atoms with E-state index in [1.807, 2.05) is 0 Å². The van der Waals surface area contributed by atoms with Crippen molar-refractivity contribution >= 4 is 39.3 Å². The average molecular weight is 372 g/mol. The molecule has 0 spiro atoms. The minimum absolute atomic E-state index is 0.130. The van der Waals surface area contributed by atoms with E-state index in [1.54, 1.807) is 6.07 Å². The normalized spacial score (nSPS) is 15.4. The summed E-state index contributed by atoms with van der Waals surface area (Å²) in [5.74, 6) is -1.27. The molecular formula is C13H14BrN3O5. The van der Waals surface area contributed by atoms with Crippen molar-refractivity contribution in [3.8, 4) is 0 Å². The number of non-ortho nitro benzene ring substituents is 1. The molecule has 2 amide bonds. The monoisotopic (exact) mass is 371 g/mol. The van der Waals surface area contributed by atoms with Gasteiger partial charge in [-0.25, -0.2) is 4.79 Å². The van der Waals surface area contributed by atoms with E-state index >= 15 is 0 Å². The Bertz CT molecular complexity index is 614. The number of carbonyl (C=O) groups is 2. The van der Waals surface area contributed by atoms with Gasteiger partial charge in [0.2, 0.25) is 0 Å². The molecule has 0 aliphatic carbocycles. The van der Waals surface area contributed by atoms with Gasteiger partial charge in [0.25, 0.3) is 5.69 Å². The molecule has 1 saturated heterocycles. The number of aliphatic carboxylic acids is 1. The van der Waals surface area contributed by atoms with E-state index in [1.165, 1.54) is 17.0 Å². The molecule has 0 aromatic heterocycles. The fourth-order valence-electron chi connectivity index (χ4n) is 2.28. The lowest BCUT2D eigenvalue weighted by atomic mass is 9.97. The van der Waals surface area contributed by atoms with Crippen LogP contribution in [0.5, 0.6) is 0 Å². The number of amides is 2. The lowest BCUT2D eigenvalue weighted by molar-refractivity contribution is -0.384. The number of rotatable bonds is 3. The Morgan fingerprint density at radius 2 is 1.95 bits per heavy atom. The number of nitrogens with one attached hydrogen (secondary N) is 1. The smallest absolute Gasteiger partial charge is 0.321 e. The molecule has 2 rings (SSSR count). The first kappa shape index (κ1) is 16.2. The predicted molar refractivity (Wildman–Crippen MR) is 81.7 cm³/mol. The number of carboxylic acid groups (broad SMARTS) is 1. The summed E-state index contributed by atoms with van der Waals surface area (Å²) in [4.78, 5) is 34.8. The van der Waals surface area contributed by atoms with Crippen molar-refractivity contribution in [2.45, 2.75) is 12.8 Å². The van der Waals surface area contributed by atoms with Crippen molar-refractivity contribution in [1.29, 1.82) is 0 Å². The van der Waals surface area contributed by atoms with Crippen LogP contribution < -0.4 is 5.32 Å². The number of nitrogens with zero attached hydrogens (tertiary/aromatic N) is 2. The number of nitro benzene ring substituents is 1. The van der Waals surface area contributed by atoms with Gasteiger partial charge in [-0.05, 0) is 18.9 Å². The zero-order valence-electron chi connectivity index (χ0n) is 11.5. The fraction of sp³-hybridized carbons (Fsp3) is 0.385. The maximum Gasteiger partial charge on any atom is 0.321 e. The van der Waals surface area contributed by atoms with Crippen LogP contribution in [0.4, 0.5) is 16.2 Å². The number of carbonyl (C=O) groups excluding carboxylic acids is 1. The number of anilines is 1. The first-order valence-electron chi connectivity index (χ1n) is 6.60. The number of nitro groups is 1. The van der Waals surface area contributed by atoms with Crippen LogP contribution >= 0.6 is 15.9 Å². The second-order valence-electron chi connectivity index (χ2n) is 4.98. The Kier molecular flexibility index (Phi) is 4.96. The quantitative estimate of drug-likeness (QED) is 0.626. The Morgan fingerprint density at radius 1 is 1.32 bits per heavy atom. The highest BCUT2D eigenvalue weighted by molar-refractivity contribution is 9.10. The van der Waals surface area contributed by atoms with Crippen molar-refractivity contribution in [1.82, 2.24) is 4.90 Å². The Hall–Kier alpha value is -2.16. The summed E-state index contributed by atoms with van der Waals surface area (Å²) in [6.07, 6.45) is 0.808. The van der Waals surface area contributed by atoms with Crippen LogP contribution in [-0.2, 0) is 4.79 Å². The standard InChI is InChI=1S/C13H14BrN3O5/c14-9-5-10(7-11(6-9)17(21)22)15-13(20)16-3-1-8(2-4-16)12(18)19/h5-8H,1-4H2,(H,15,20)(H,18,19). The van der Waals surface area contributed by atoms with Crippen molar-refractivity contribution in [3.63, 3.8) is 0 Å². The number of urea groups is 1. The first-order valence-corrected chi connectivity index (χ1v) is 7.40. The maximum atomic E-state index is 12.1. The van der Waals surface area contributed by atoms with E-state index in [9.17, 15) is 19.7 Å². The van der Waals surface area contributed by atoms with Crippen LogP contribution in [0, 0.1) is 16.0 Å². The highest BCUT2D eigenvalue weighted by Gasteiger charge is 2.27. The van der Waals surface area contributed by atoms with Crippen LogP contribution in [0.25, 0.3) is 0 Å². The van der Waals surface area contributed by atoms with Gasteiger partial charge in [0.15, 0.2) is 0 Å². The Balaban J connectivity index is 2.01. The second-order valence-corrected chi connectivity index (χ2v) is 5.90. The van der Waals surface area contributed by atoms with E-state index in [2.05, 4.69) is 21.2 Å². The minimum atomic E-state index is -0.845. The third kappa shape index (κ3) is 3.94. The molecule has 0 saturated carbocycles. The van der Waals surface area contributed by atoms with E-state index in [4.69, 9.17) is 5.11 Å². The summed E-state index contributed by atoms with van der Waals surface area (Å²) in [5, 5.41) is 22.3. The molecular weight excluding hydrogens is 358 g/mol. The van der Waals surface area contributed by atoms with Crippen molar-refractivity contribution in [2.24, 2.45) is 5.92 Å². The number of halogens is 1. The van der Waals surface area contributed by atoms with Gasteiger partial charge >= 0.3 is 12.0 Å². The number of hydrogen-bond acceptors (Lipinski definition) is 4. The minimum Gasteiger partial charge on any atom is -0.481 e. The van der Waals surface area contributed by atoms with Gasteiger partial charge in [0.05, 0.1) is 16.5 Å². The molecule has 8 nitrogen and oxygen atoms in total. The number of likely N-dealkylation sites (tertiary alicyclic amines) is 1. The zero-order valence-corrected chi connectivity index (χ0v) is 13.1. The van der Waals surface area contributed by atoms with Gasteiger partial charge in [0.1, 0.15) is 0 Å². The average Bonchev–Trinajstić information content (AvgIpc) is 2.46. The van der Waals surface area contributed by atoms with Gasteiger partial charge in [0, 0.05) is 29.7 Å². The lowest BCUT2D eigenvalue weighted by Crippen LogP contribution is -2.42. The van der Waals surface area contributed by atoms with E-state index in [0.29, 0.717) is 36.1 Å². The first-order chi connectivity index (χ1) is 10.4. The summed E-state index contributed by atoms with van der Waals surface area (Å²) in [6, 6.07) is 3.78. The van der Waals surface area contributed by atoms with Crippen molar-refractivity contribution in [3.05, 3.63) is 32.8 Å². The van der Waals surface area contributed by atoms with Crippen LogP contribution in [0.2, 0.25) is 0 Å². The van der Waals surface area contributed by atoms with Crippen LogP contribution in [0.15, 0.2) is 22.7 Å². The number of piperidine rings is 1. The molecule has 0 atom stereocenters. The third-order valence-corrected chi connectivity index (χ3v) is 3.93. The highest BCUT2D eigenvalue weighted by atomic mass is 79.9. The molecule has 9 heteroatoms. The third-order valence-electron chi connectivity index (χ3n) is 3.48. The molecule has 1 heterocycles. The van der Waals surface area contributed by atoms with E-state index < -0.39 is 22.8 Å². The number of benzene rings is 1. The molecule has 0 unspecified atom stereocenters. The van der Waals surface area contributed by atoms with Crippen molar-refractivity contribution in [2.75, 3.05) is 18.4 Å². The molecule has 0 radical (unpaired) electrons. The summed E-state index contributed by atoms with van der Waals surface area (Å²) in [6.45, 7) is 0.692. The molecule has 2 N–H and O–H groups in total. The zero-order chi connectivity index (χ0) is 16.3. The van der Waals surface area contributed by atoms with Crippen molar-refractivity contribution < 1.29 is 19.6 Å². The fourth-order valence-corrected chi connectivity index (χ4v) is 2.76. The van der Waals surface area contributed by atoms with Crippen LogP contribution in [0.3, 0.4) is 0 Å². The molecule has 1 aromatic carbocycles. The van der Waals surface area contributed by atoms with Gasteiger partial charge in [-0.1, -0.05) is 15.9 Å². The predicted octanol–water partition coefficient (Wildman–Crippen LogP) is 2.69. The van der Waals surface area contributed by atoms with Crippen LogP contribution in [0.1, 0.15) is 12.8 Å². The Labute approximate surface area is 134 Å². The van der Waals surface area contributed by atoms with Crippen LogP contribution in [-0.4, -0.2) is 40.0 Å².